The topological polar surface area (TPSA) is 65.0 Å². The molecule has 4 aromatic heterocycles. The maximum absolute atomic E-state index is 6.43. The molecule has 0 saturated carbocycles. The van der Waals surface area contributed by atoms with E-state index in [0.717, 1.165) is 82.6 Å². The molecule has 46 heavy (non-hydrogen) atoms. The number of hydrogen-bond acceptors (Lipinski definition) is 5. The molecule has 10 aromatic rings. The first-order valence-corrected chi connectivity index (χ1v) is 15.3. The fourth-order valence-corrected chi connectivity index (χ4v) is 6.70. The smallest absolute Gasteiger partial charge is 0.197 e. The van der Waals surface area contributed by atoms with Crippen molar-refractivity contribution in [2.45, 2.75) is 0 Å². The number of benzene rings is 6. The first-order chi connectivity index (χ1) is 22.8. The normalized spacial score (nSPS) is 11.9. The molecule has 0 fully saturated rings. The van der Waals surface area contributed by atoms with Crippen molar-refractivity contribution in [2.75, 3.05) is 0 Å². The Balaban J connectivity index is 1.20. The number of fused-ring (bicyclic) bond motifs is 10. The first-order valence-electron chi connectivity index (χ1n) is 15.3. The maximum atomic E-state index is 6.43. The summed E-state index contributed by atoms with van der Waals surface area (Å²) in [5.41, 5.74) is 9.42. The zero-order valence-corrected chi connectivity index (χ0v) is 24.4. The van der Waals surface area contributed by atoms with Gasteiger partial charge < -0.3 is 8.83 Å². The van der Waals surface area contributed by atoms with Crippen LogP contribution in [0.15, 0.2) is 148 Å². The molecule has 4 heterocycles. The molecule has 0 radical (unpaired) electrons. The molecule has 6 aromatic carbocycles. The molecule has 0 bridgehead atoms. The Hall–Kier alpha value is -6.33. The molecule has 0 aliphatic carbocycles. The number of furan rings is 2. The molecular formula is C41H23N3O2. The molecule has 214 valence electrons. The van der Waals surface area contributed by atoms with Gasteiger partial charge in [0.25, 0.3) is 0 Å². The fraction of sp³-hybridized carbons (Fsp3) is 0. The highest BCUT2D eigenvalue weighted by molar-refractivity contribution is 6.21. The van der Waals surface area contributed by atoms with Gasteiger partial charge in [-0.1, -0.05) is 115 Å². The highest BCUT2D eigenvalue weighted by atomic mass is 16.4. The van der Waals surface area contributed by atoms with E-state index in [2.05, 4.69) is 78.9 Å². The van der Waals surface area contributed by atoms with E-state index in [0.29, 0.717) is 17.0 Å². The summed E-state index contributed by atoms with van der Waals surface area (Å²) < 4.78 is 12.7. The summed E-state index contributed by atoms with van der Waals surface area (Å²) in [6.07, 6.45) is 0. The number of para-hydroxylation sites is 2. The molecule has 5 nitrogen and oxygen atoms in total. The van der Waals surface area contributed by atoms with Crippen LogP contribution in [0.2, 0.25) is 0 Å². The van der Waals surface area contributed by atoms with Gasteiger partial charge in [-0.25, -0.2) is 15.0 Å². The molecule has 0 amide bonds. The molecular weight excluding hydrogens is 566 g/mol. The van der Waals surface area contributed by atoms with Crippen LogP contribution in [0, 0.1) is 0 Å². The highest BCUT2D eigenvalue weighted by Gasteiger charge is 2.22. The Kier molecular flexibility index (Phi) is 5.22. The third-order valence-corrected chi connectivity index (χ3v) is 8.89. The minimum absolute atomic E-state index is 0.665. The van der Waals surface area contributed by atoms with Crippen molar-refractivity contribution in [3.8, 4) is 33.9 Å². The van der Waals surface area contributed by atoms with Gasteiger partial charge in [0, 0.05) is 38.2 Å². The molecule has 0 spiro atoms. The van der Waals surface area contributed by atoms with E-state index in [4.69, 9.17) is 23.8 Å². The summed E-state index contributed by atoms with van der Waals surface area (Å²) in [6.45, 7) is 0. The van der Waals surface area contributed by atoms with E-state index >= 15 is 0 Å². The van der Waals surface area contributed by atoms with Crippen LogP contribution in [0.25, 0.3) is 99.6 Å². The van der Waals surface area contributed by atoms with Gasteiger partial charge in [-0.05, 0) is 29.7 Å². The molecule has 0 atom stereocenters. The van der Waals surface area contributed by atoms with Crippen LogP contribution in [0.4, 0.5) is 0 Å². The Morgan fingerprint density at radius 1 is 0.370 bits per heavy atom. The second kappa shape index (κ2) is 9.58. The number of rotatable bonds is 3. The average molecular weight is 590 g/mol. The lowest BCUT2D eigenvalue weighted by Crippen LogP contribution is -1.96. The van der Waals surface area contributed by atoms with Crippen molar-refractivity contribution in [1.29, 1.82) is 0 Å². The second-order valence-corrected chi connectivity index (χ2v) is 11.6. The van der Waals surface area contributed by atoms with Gasteiger partial charge in [0.2, 0.25) is 0 Å². The lowest BCUT2D eigenvalue weighted by molar-refractivity contribution is 0.633. The van der Waals surface area contributed by atoms with Gasteiger partial charge >= 0.3 is 0 Å². The summed E-state index contributed by atoms with van der Waals surface area (Å²) in [6, 6.07) is 47.4. The summed E-state index contributed by atoms with van der Waals surface area (Å²) in [7, 11) is 0. The van der Waals surface area contributed by atoms with Crippen molar-refractivity contribution in [1.82, 2.24) is 15.0 Å². The SMILES string of the molecule is c1ccc(-c2nc(-c3ccc(-c4nc5c6ccccc6oc5c5oc6ccccc6c45)cc3)nc3c2ccc2ccccc23)cc1. The third-order valence-electron chi connectivity index (χ3n) is 8.89. The molecule has 10 rings (SSSR count). The van der Waals surface area contributed by atoms with E-state index < -0.39 is 0 Å². The van der Waals surface area contributed by atoms with Gasteiger partial charge in [0.05, 0.1) is 22.3 Å². The first kappa shape index (κ1) is 25.0. The zero-order chi connectivity index (χ0) is 30.2. The van der Waals surface area contributed by atoms with Crippen molar-refractivity contribution < 1.29 is 8.83 Å². The fourth-order valence-electron chi connectivity index (χ4n) is 6.70. The van der Waals surface area contributed by atoms with E-state index in [-0.39, 0.29) is 0 Å². The van der Waals surface area contributed by atoms with Gasteiger partial charge in [-0.15, -0.1) is 0 Å². The molecule has 0 N–H and O–H groups in total. The molecule has 5 heteroatoms. The van der Waals surface area contributed by atoms with Crippen LogP contribution in [-0.2, 0) is 0 Å². The van der Waals surface area contributed by atoms with Crippen LogP contribution < -0.4 is 0 Å². The monoisotopic (exact) mass is 589 g/mol. The number of aromatic nitrogens is 3. The van der Waals surface area contributed by atoms with Crippen LogP contribution >= 0.6 is 0 Å². The van der Waals surface area contributed by atoms with Crippen LogP contribution in [0.5, 0.6) is 0 Å². The lowest BCUT2D eigenvalue weighted by Gasteiger charge is -2.12. The zero-order valence-electron chi connectivity index (χ0n) is 24.4. The standard InChI is InChI=1S/C41H23N3O2/c1-2-11-25(12-3-1)35-31-23-22-24-10-4-5-13-28(24)37(31)44-41(43-35)27-20-18-26(19-21-27)36-34-29-14-6-8-16-32(29)45-39(34)40-38(42-36)30-15-7-9-17-33(30)46-40/h1-23H. The van der Waals surface area contributed by atoms with Crippen molar-refractivity contribution in [3.05, 3.63) is 140 Å². The second-order valence-electron chi connectivity index (χ2n) is 11.6. The Bertz CT molecular complexity index is 2800. The summed E-state index contributed by atoms with van der Waals surface area (Å²) in [5.74, 6) is 0.678. The average Bonchev–Trinajstić information content (AvgIpc) is 3.70. The predicted molar refractivity (Wildman–Crippen MR) is 186 cm³/mol. The minimum atomic E-state index is 0.665. The molecule has 0 unspecified atom stereocenters. The largest absolute Gasteiger partial charge is 0.452 e. The van der Waals surface area contributed by atoms with Gasteiger partial charge in [0.1, 0.15) is 16.7 Å². The third kappa shape index (κ3) is 3.66. The van der Waals surface area contributed by atoms with Crippen molar-refractivity contribution >= 4 is 65.7 Å². The van der Waals surface area contributed by atoms with Gasteiger partial charge in [0.15, 0.2) is 17.0 Å². The Labute approximate surface area is 262 Å². The van der Waals surface area contributed by atoms with Gasteiger partial charge in [-0.3, -0.25) is 0 Å². The molecule has 0 aliphatic rings. The van der Waals surface area contributed by atoms with Crippen molar-refractivity contribution in [3.63, 3.8) is 0 Å². The summed E-state index contributed by atoms with van der Waals surface area (Å²) >= 11 is 0. The van der Waals surface area contributed by atoms with E-state index in [9.17, 15) is 0 Å². The molecule has 0 aliphatic heterocycles. The molecule has 0 saturated heterocycles. The quantitative estimate of drug-likeness (QED) is 0.192. The van der Waals surface area contributed by atoms with Crippen molar-refractivity contribution in [2.24, 2.45) is 0 Å². The summed E-state index contributed by atoms with van der Waals surface area (Å²) in [4.78, 5) is 15.5. The van der Waals surface area contributed by atoms with Crippen LogP contribution in [0.1, 0.15) is 0 Å². The maximum Gasteiger partial charge on any atom is 0.197 e. The van der Waals surface area contributed by atoms with Gasteiger partial charge in [-0.2, -0.15) is 0 Å². The minimum Gasteiger partial charge on any atom is -0.452 e. The predicted octanol–water partition coefficient (Wildman–Crippen LogP) is 11.0. The van der Waals surface area contributed by atoms with E-state index in [1.54, 1.807) is 0 Å². The number of pyridine rings is 1. The van der Waals surface area contributed by atoms with Crippen LogP contribution in [0.3, 0.4) is 0 Å². The highest BCUT2D eigenvalue weighted by Crippen LogP contribution is 2.42. The Morgan fingerprint density at radius 2 is 1.00 bits per heavy atom. The Morgan fingerprint density at radius 3 is 1.83 bits per heavy atom. The lowest BCUT2D eigenvalue weighted by atomic mass is 10.0. The van der Waals surface area contributed by atoms with E-state index in [1.165, 1.54) is 0 Å². The van der Waals surface area contributed by atoms with Crippen LogP contribution in [-0.4, -0.2) is 15.0 Å². The van der Waals surface area contributed by atoms with E-state index in [1.807, 2.05) is 60.7 Å². The summed E-state index contributed by atoms with van der Waals surface area (Å²) in [5, 5.41) is 6.20. The number of nitrogens with zero attached hydrogens (tertiary/aromatic N) is 3. The number of hydrogen-bond donors (Lipinski definition) is 0.